The van der Waals surface area contributed by atoms with E-state index in [1.165, 1.54) is 12.8 Å². The van der Waals surface area contributed by atoms with E-state index in [2.05, 4.69) is 44.0 Å². The van der Waals surface area contributed by atoms with E-state index in [9.17, 15) is 5.26 Å². The molecule has 0 amide bonds. The topological polar surface area (TPSA) is 39.1 Å². The molecule has 1 rings (SSSR count). The molecule has 1 N–H and O–H groups in total. The second kappa shape index (κ2) is 7.87. The van der Waals surface area contributed by atoms with Gasteiger partial charge >= 0.3 is 0 Å². The number of hydrogen-bond donors (Lipinski definition) is 1. The van der Waals surface area contributed by atoms with E-state index in [1.54, 1.807) is 0 Å². The van der Waals surface area contributed by atoms with Crippen LogP contribution < -0.4 is 5.32 Å². The highest BCUT2D eigenvalue weighted by molar-refractivity contribution is 5.10. The predicted molar refractivity (Wildman–Crippen MR) is 80.9 cm³/mol. The summed E-state index contributed by atoms with van der Waals surface area (Å²) in [6, 6.07) is 2.58. The minimum atomic E-state index is -0.264. The average molecular weight is 265 g/mol. The molecule has 3 nitrogen and oxygen atoms in total. The Labute approximate surface area is 119 Å². The molecule has 0 bridgehead atoms. The maximum absolute atomic E-state index is 9.59. The van der Waals surface area contributed by atoms with Crippen LogP contribution in [0.25, 0.3) is 0 Å². The van der Waals surface area contributed by atoms with E-state index in [0.29, 0.717) is 11.8 Å². The van der Waals surface area contributed by atoms with Gasteiger partial charge in [-0.05, 0) is 44.2 Å². The van der Waals surface area contributed by atoms with Crippen LogP contribution in [0.15, 0.2) is 0 Å². The smallest absolute Gasteiger partial charge is 0.107 e. The average Bonchev–Trinajstić information content (AvgIpc) is 2.44. The lowest BCUT2D eigenvalue weighted by Gasteiger charge is -2.38. The lowest BCUT2D eigenvalue weighted by Crippen LogP contribution is -2.50. The summed E-state index contributed by atoms with van der Waals surface area (Å²) >= 11 is 0. The minimum absolute atomic E-state index is 0.264. The van der Waals surface area contributed by atoms with Crippen LogP contribution in [0, 0.1) is 23.2 Å². The zero-order valence-electron chi connectivity index (χ0n) is 13.2. The van der Waals surface area contributed by atoms with Crippen LogP contribution in [0.3, 0.4) is 0 Å². The maximum atomic E-state index is 9.59. The Morgan fingerprint density at radius 1 is 1.37 bits per heavy atom. The summed E-state index contributed by atoms with van der Waals surface area (Å²) in [5, 5.41) is 13.2. The zero-order valence-corrected chi connectivity index (χ0v) is 13.2. The van der Waals surface area contributed by atoms with Crippen molar-refractivity contribution in [2.75, 3.05) is 26.2 Å². The molecule has 0 aromatic heterocycles. The molecule has 110 valence electrons. The zero-order chi connectivity index (χ0) is 14.3. The molecule has 2 atom stereocenters. The van der Waals surface area contributed by atoms with E-state index < -0.39 is 0 Å². The largest absolute Gasteiger partial charge is 0.303 e. The highest BCUT2D eigenvalue weighted by atomic mass is 15.1. The van der Waals surface area contributed by atoms with Crippen molar-refractivity contribution in [2.45, 2.75) is 58.9 Å². The fraction of sp³-hybridized carbons (Fsp3) is 0.938. The molecule has 1 aliphatic carbocycles. The first-order valence-electron chi connectivity index (χ1n) is 7.95. The quantitative estimate of drug-likeness (QED) is 0.769. The molecule has 0 aliphatic heterocycles. The van der Waals surface area contributed by atoms with Gasteiger partial charge in [-0.2, -0.15) is 5.26 Å². The summed E-state index contributed by atoms with van der Waals surface area (Å²) in [6.45, 7) is 13.1. The number of nitrogens with zero attached hydrogens (tertiary/aromatic N) is 2. The summed E-state index contributed by atoms with van der Waals surface area (Å²) in [5.41, 5.74) is -0.264. The molecule has 2 unspecified atom stereocenters. The molecule has 1 fully saturated rings. The number of nitrogens with one attached hydrogen (secondary N) is 1. The molecule has 19 heavy (non-hydrogen) atoms. The van der Waals surface area contributed by atoms with E-state index in [0.717, 1.165) is 39.0 Å². The predicted octanol–water partition coefficient (Wildman–Crippen LogP) is 3.03. The van der Waals surface area contributed by atoms with Gasteiger partial charge in [-0.1, -0.05) is 34.1 Å². The van der Waals surface area contributed by atoms with Gasteiger partial charge in [-0.3, -0.25) is 5.32 Å². The highest BCUT2D eigenvalue weighted by Crippen LogP contribution is 2.35. The molecule has 0 heterocycles. The van der Waals surface area contributed by atoms with Crippen LogP contribution in [0.2, 0.25) is 0 Å². The van der Waals surface area contributed by atoms with E-state index in [1.807, 2.05) is 0 Å². The molecule has 0 aromatic rings. The van der Waals surface area contributed by atoms with Gasteiger partial charge in [0.2, 0.25) is 0 Å². The van der Waals surface area contributed by atoms with Crippen LogP contribution in [-0.4, -0.2) is 36.6 Å². The van der Waals surface area contributed by atoms with E-state index >= 15 is 0 Å². The molecule has 0 spiro atoms. The van der Waals surface area contributed by atoms with Gasteiger partial charge in [-0.15, -0.1) is 0 Å². The maximum Gasteiger partial charge on any atom is 0.107 e. The van der Waals surface area contributed by atoms with Gasteiger partial charge in [0, 0.05) is 13.1 Å². The normalized spacial score (nSPS) is 27.7. The number of likely N-dealkylation sites (N-methyl/N-ethyl adjacent to an activating group) is 1. The summed E-state index contributed by atoms with van der Waals surface area (Å²) in [7, 11) is 0. The Bertz CT molecular complexity index is 291. The van der Waals surface area contributed by atoms with Gasteiger partial charge in [0.25, 0.3) is 0 Å². The first-order valence-corrected chi connectivity index (χ1v) is 7.95. The lowest BCUT2D eigenvalue weighted by atomic mass is 9.72. The number of rotatable bonds is 7. The lowest BCUT2D eigenvalue weighted by molar-refractivity contribution is 0.182. The summed E-state index contributed by atoms with van der Waals surface area (Å²) < 4.78 is 0. The number of nitriles is 1. The van der Waals surface area contributed by atoms with Gasteiger partial charge in [0.05, 0.1) is 6.07 Å². The third-order valence-electron chi connectivity index (χ3n) is 4.73. The van der Waals surface area contributed by atoms with Gasteiger partial charge in [0.15, 0.2) is 0 Å². The van der Waals surface area contributed by atoms with E-state index in [4.69, 9.17) is 0 Å². The Morgan fingerprint density at radius 2 is 2.05 bits per heavy atom. The Balaban J connectivity index is 2.49. The molecule has 0 radical (unpaired) electrons. The Hall–Kier alpha value is -0.590. The Kier molecular flexibility index (Phi) is 6.82. The summed E-state index contributed by atoms with van der Waals surface area (Å²) in [5.74, 6) is 1.40. The van der Waals surface area contributed by atoms with Crippen molar-refractivity contribution in [1.82, 2.24) is 10.2 Å². The third kappa shape index (κ3) is 4.78. The summed E-state index contributed by atoms with van der Waals surface area (Å²) in [6.07, 6.45) is 4.53. The summed E-state index contributed by atoms with van der Waals surface area (Å²) in [4.78, 5) is 2.40. The van der Waals surface area contributed by atoms with Crippen LogP contribution in [0.1, 0.15) is 53.4 Å². The van der Waals surface area contributed by atoms with Crippen LogP contribution in [0.5, 0.6) is 0 Å². The molecule has 1 aliphatic rings. The molecular weight excluding hydrogens is 234 g/mol. The van der Waals surface area contributed by atoms with Crippen molar-refractivity contribution >= 4 is 0 Å². The number of hydrogen-bond acceptors (Lipinski definition) is 3. The SMILES string of the molecule is CCN(CC)CCNC1(C#N)CCCC(C(C)C)C1. The molecule has 3 heteroatoms. The molecule has 0 saturated heterocycles. The fourth-order valence-electron chi connectivity index (χ4n) is 3.18. The van der Waals surface area contributed by atoms with Crippen molar-refractivity contribution in [1.29, 1.82) is 5.26 Å². The van der Waals surface area contributed by atoms with Crippen molar-refractivity contribution in [3.63, 3.8) is 0 Å². The van der Waals surface area contributed by atoms with Crippen molar-refractivity contribution in [3.8, 4) is 6.07 Å². The van der Waals surface area contributed by atoms with Crippen molar-refractivity contribution in [3.05, 3.63) is 0 Å². The molecular formula is C16H31N3. The van der Waals surface area contributed by atoms with Crippen LogP contribution in [0.4, 0.5) is 0 Å². The fourth-order valence-corrected chi connectivity index (χ4v) is 3.18. The molecule has 0 aromatic carbocycles. The molecule has 1 saturated carbocycles. The minimum Gasteiger partial charge on any atom is -0.303 e. The van der Waals surface area contributed by atoms with E-state index in [-0.39, 0.29) is 5.54 Å². The first kappa shape index (κ1) is 16.5. The second-order valence-electron chi connectivity index (χ2n) is 6.25. The van der Waals surface area contributed by atoms with Gasteiger partial charge < -0.3 is 4.90 Å². The monoisotopic (exact) mass is 265 g/mol. The standard InChI is InChI=1S/C16H31N3/c1-5-19(6-2)11-10-18-16(13-17)9-7-8-15(12-16)14(3)4/h14-15,18H,5-12H2,1-4H3. The van der Waals surface area contributed by atoms with Crippen LogP contribution >= 0.6 is 0 Å². The van der Waals surface area contributed by atoms with Gasteiger partial charge in [-0.25, -0.2) is 0 Å². The first-order chi connectivity index (χ1) is 9.06. The van der Waals surface area contributed by atoms with Gasteiger partial charge in [0.1, 0.15) is 5.54 Å². The van der Waals surface area contributed by atoms with Crippen molar-refractivity contribution in [2.24, 2.45) is 11.8 Å². The third-order valence-corrected chi connectivity index (χ3v) is 4.73. The van der Waals surface area contributed by atoms with Crippen LogP contribution in [-0.2, 0) is 0 Å². The second-order valence-corrected chi connectivity index (χ2v) is 6.25. The Morgan fingerprint density at radius 3 is 2.58 bits per heavy atom. The highest BCUT2D eigenvalue weighted by Gasteiger charge is 2.36. The van der Waals surface area contributed by atoms with Crippen molar-refractivity contribution < 1.29 is 0 Å².